The third-order valence-electron chi connectivity index (χ3n) is 5.26. The van der Waals surface area contributed by atoms with E-state index in [4.69, 9.17) is 19.2 Å². The molecule has 0 amide bonds. The van der Waals surface area contributed by atoms with E-state index in [-0.39, 0.29) is 23.5 Å². The van der Waals surface area contributed by atoms with E-state index >= 15 is 0 Å². The van der Waals surface area contributed by atoms with Gasteiger partial charge < -0.3 is 14.2 Å². The van der Waals surface area contributed by atoms with Gasteiger partial charge in [0.25, 0.3) is 0 Å². The van der Waals surface area contributed by atoms with Gasteiger partial charge in [-0.3, -0.25) is 4.99 Å². The highest BCUT2D eigenvalue weighted by Gasteiger charge is 2.42. The first-order chi connectivity index (χ1) is 12.8. The summed E-state index contributed by atoms with van der Waals surface area (Å²) in [4.78, 5) is 5.15. The van der Waals surface area contributed by atoms with Gasteiger partial charge in [0.05, 0.1) is 25.5 Å². The Morgan fingerprint density at radius 1 is 0.893 bits per heavy atom. The van der Waals surface area contributed by atoms with Crippen LogP contribution in [0, 0.1) is 0 Å². The van der Waals surface area contributed by atoms with E-state index in [2.05, 4.69) is 52.0 Å². The van der Waals surface area contributed by atoms with Gasteiger partial charge in [0.1, 0.15) is 5.60 Å². The first-order valence-electron chi connectivity index (χ1n) is 9.41. The van der Waals surface area contributed by atoms with Crippen LogP contribution in [-0.2, 0) is 12.8 Å². The smallest absolute Gasteiger partial charge is 0.203 e. The molecule has 4 rings (SSSR count). The fourth-order valence-electron chi connectivity index (χ4n) is 4.29. The van der Waals surface area contributed by atoms with E-state index in [0.29, 0.717) is 5.75 Å². The van der Waals surface area contributed by atoms with Crippen molar-refractivity contribution in [2.75, 3.05) is 14.2 Å². The Labute approximate surface area is 173 Å². The molecule has 0 spiro atoms. The van der Waals surface area contributed by atoms with E-state index < -0.39 is 0 Å². The van der Waals surface area contributed by atoms with E-state index in [1.807, 2.05) is 6.07 Å². The fourth-order valence-corrected chi connectivity index (χ4v) is 4.29. The van der Waals surface area contributed by atoms with Crippen LogP contribution in [0.3, 0.4) is 0 Å². The molecule has 4 nitrogen and oxygen atoms in total. The molecule has 0 saturated carbocycles. The number of benzene rings is 2. The van der Waals surface area contributed by atoms with Gasteiger partial charge in [-0.25, -0.2) is 0 Å². The van der Waals surface area contributed by atoms with E-state index in [1.54, 1.807) is 14.2 Å². The summed E-state index contributed by atoms with van der Waals surface area (Å²) in [5.74, 6) is 2.25. The first kappa shape index (κ1) is 20.5. The van der Waals surface area contributed by atoms with Crippen LogP contribution in [0.4, 0.5) is 0 Å². The van der Waals surface area contributed by atoms with Crippen molar-refractivity contribution < 1.29 is 14.2 Å². The molecular weight excluding hydrogens is 374 g/mol. The SMILES string of the molecule is COc1c2c(c3c(c1OC)OC(C)(C)C3)C(c1ccccc1)=NC(C)(C)C2.Cl. The minimum atomic E-state index is -0.287. The zero-order valence-corrected chi connectivity index (χ0v) is 18.2. The maximum Gasteiger partial charge on any atom is 0.203 e. The molecule has 0 bridgehead atoms. The zero-order valence-electron chi connectivity index (χ0n) is 17.4. The molecule has 0 radical (unpaired) electrons. The summed E-state index contributed by atoms with van der Waals surface area (Å²) >= 11 is 0. The van der Waals surface area contributed by atoms with Crippen LogP contribution in [0.2, 0.25) is 0 Å². The Morgan fingerprint density at radius 3 is 2.14 bits per heavy atom. The molecule has 2 aromatic rings. The van der Waals surface area contributed by atoms with E-state index in [1.165, 1.54) is 5.56 Å². The Bertz CT molecular complexity index is 933. The van der Waals surface area contributed by atoms with Crippen molar-refractivity contribution in [3.63, 3.8) is 0 Å². The maximum atomic E-state index is 6.30. The number of hydrogen-bond acceptors (Lipinski definition) is 4. The van der Waals surface area contributed by atoms with Crippen molar-refractivity contribution in [1.82, 2.24) is 0 Å². The molecule has 2 aliphatic heterocycles. The van der Waals surface area contributed by atoms with Crippen LogP contribution in [0.15, 0.2) is 35.3 Å². The molecule has 2 heterocycles. The molecule has 0 saturated heterocycles. The lowest BCUT2D eigenvalue weighted by Gasteiger charge is -2.32. The Hall–Kier alpha value is -2.20. The van der Waals surface area contributed by atoms with Gasteiger partial charge in [-0.05, 0) is 27.7 Å². The third-order valence-corrected chi connectivity index (χ3v) is 5.26. The van der Waals surface area contributed by atoms with Crippen molar-refractivity contribution >= 4 is 18.1 Å². The van der Waals surface area contributed by atoms with Gasteiger partial charge in [0.2, 0.25) is 5.75 Å². The van der Waals surface area contributed by atoms with Gasteiger partial charge in [0, 0.05) is 35.1 Å². The van der Waals surface area contributed by atoms with Gasteiger partial charge in [-0.1, -0.05) is 30.3 Å². The normalized spacial score (nSPS) is 18.1. The summed E-state index contributed by atoms with van der Waals surface area (Å²) in [5.41, 5.74) is 5.10. The van der Waals surface area contributed by atoms with Crippen molar-refractivity contribution in [3.8, 4) is 17.2 Å². The maximum absolute atomic E-state index is 6.30. The largest absolute Gasteiger partial charge is 0.492 e. The van der Waals surface area contributed by atoms with Crippen LogP contribution in [0.1, 0.15) is 49.9 Å². The molecule has 0 atom stereocenters. The number of rotatable bonds is 3. The number of halogens is 1. The Morgan fingerprint density at radius 2 is 1.54 bits per heavy atom. The van der Waals surface area contributed by atoms with Crippen molar-refractivity contribution in [2.45, 2.75) is 51.7 Å². The lowest BCUT2D eigenvalue weighted by atomic mass is 9.80. The molecular formula is C23H28ClNO3. The molecule has 2 aliphatic rings. The fraction of sp³-hybridized carbons (Fsp3) is 0.435. The van der Waals surface area contributed by atoms with Crippen LogP contribution in [0.5, 0.6) is 17.2 Å². The average Bonchev–Trinajstić information content (AvgIpc) is 2.94. The predicted octanol–water partition coefficient (Wildman–Crippen LogP) is 5.01. The minimum Gasteiger partial charge on any atom is -0.492 e. The molecule has 0 N–H and O–H groups in total. The first-order valence-corrected chi connectivity index (χ1v) is 9.41. The van der Waals surface area contributed by atoms with Gasteiger partial charge in [0.15, 0.2) is 11.5 Å². The summed E-state index contributed by atoms with van der Waals surface area (Å²) in [6.45, 7) is 8.55. The van der Waals surface area contributed by atoms with Gasteiger partial charge in [-0.15, -0.1) is 12.4 Å². The highest BCUT2D eigenvalue weighted by Crippen LogP contribution is 2.53. The molecule has 150 valence electrons. The summed E-state index contributed by atoms with van der Waals surface area (Å²) in [7, 11) is 3.38. The minimum absolute atomic E-state index is 0. The lowest BCUT2D eigenvalue weighted by Crippen LogP contribution is -2.31. The van der Waals surface area contributed by atoms with Crippen LogP contribution >= 0.6 is 12.4 Å². The number of aliphatic imine (C=N–C) groups is 1. The second kappa shape index (κ2) is 7.00. The second-order valence-electron chi connectivity index (χ2n) is 8.58. The third kappa shape index (κ3) is 3.24. The van der Waals surface area contributed by atoms with Crippen molar-refractivity contribution in [2.24, 2.45) is 4.99 Å². The zero-order chi connectivity index (χ0) is 19.4. The second-order valence-corrected chi connectivity index (χ2v) is 8.58. The van der Waals surface area contributed by atoms with E-state index in [9.17, 15) is 0 Å². The van der Waals surface area contributed by atoms with Gasteiger partial charge in [-0.2, -0.15) is 0 Å². The highest BCUT2D eigenvalue weighted by molar-refractivity contribution is 6.16. The number of fused-ring (bicyclic) bond motifs is 3. The number of hydrogen-bond donors (Lipinski definition) is 0. The van der Waals surface area contributed by atoms with Crippen molar-refractivity contribution in [1.29, 1.82) is 0 Å². The standard InChI is InChI=1S/C23H27NO3.ClH/c1-22(2)12-15-17(18(24-22)14-10-8-7-9-11-14)16-13-23(3,4)27-20(16)21(26-6)19(15)25-5;/h7-11H,12-13H2,1-6H3;1H. The average molecular weight is 402 g/mol. The number of nitrogens with zero attached hydrogens (tertiary/aromatic N) is 1. The monoisotopic (exact) mass is 401 g/mol. The quantitative estimate of drug-likeness (QED) is 0.725. The van der Waals surface area contributed by atoms with Crippen LogP contribution in [-0.4, -0.2) is 31.1 Å². The Kier molecular flexibility index (Phi) is 5.13. The summed E-state index contributed by atoms with van der Waals surface area (Å²) in [6.07, 6.45) is 1.61. The Balaban J connectivity index is 0.00000225. The molecule has 28 heavy (non-hydrogen) atoms. The van der Waals surface area contributed by atoms with E-state index in [0.717, 1.165) is 46.7 Å². The molecule has 0 aliphatic carbocycles. The highest BCUT2D eigenvalue weighted by atomic mass is 35.5. The molecule has 0 unspecified atom stereocenters. The summed E-state index contributed by atoms with van der Waals surface area (Å²) < 4.78 is 17.9. The number of methoxy groups -OCH3 is 2. The van der Waals surface area contributed by atoms with Crippen molar-refractivity contribution in [3.05, 3.63) is 52.6 Å². The summed E-state index contributed by atoms with van der Waals surface area (Å²) in [5, 5.41) is 0. The molecule has 5 heteroatoms. The topological polar surface area (TPSA) is 40.0 Å². The van der Waals surface area contributed by atoms with Gasteiger partial charge >= 0.3 is 0 Å². The predicted molar refractivity (Wildman–Crippen MR) is 115 cm³/mol. The number of ether oxygens (including phenoxy) is 3. The van der Waals surface area contributed by atoms with Crippen LogP contribution < -0.4 is 14.2 Å². The van der Waals surface area contributed by atoms with Crippen LogP contribution in [0.25, 0.3) is 0 Å². The lowest BCUT2D eigenvalue weighted by molar-refractivity contribution is 0.133. The molecule has 2 aromatic carbocycles. The summed E-state index contributed by atoms with van der Waals surface area (Å²) in [6, 6.07) is 10.4. The molecule has 0 fully saturated rings. The molecule has 0 aromatic heterocycles.